The molecule has 1 N–H and O–H groups in total. The Hall–Kier alpha value is -4.02. The molecule has 2 aromatic heterocycles. The van der Waals surface area contributed by atoms with E-state index in [0.29, 0.717) is 37.8 Å². The van der Waals surface area contributed by atoms with Crippen LogP contribution in [0.3, 0.4) is 0 Å². The molecule has 9 nitrogen and oxygen atoms in total. The quantitative estimate of drug-likeness (QED) is 0.234. The van der Waals surface area contributed by atoms with Crippen LogP contribution in [0.1, 0.15) is 28.4 Å². The number of amides is 2. The van der Waals surface area contributed by atoms with E-state index in [1.165, 1.54) is 11.1 Å². The number of hydrogen-bond donors (Lipinski definition) is 1. The zero-order chi connectivity index (χ0) is 30.1. The van der Waals surface area contributed by atoms with Crippen LogP contribution < -0.4 is 10.1 Å². The lowest BCUT2D eigenvalue weighted by Gasteiger charge is -2.17. The molecule has 0 unspecified atom stereocenters. The Labute approximate surface area is 253 Å². The molecular formula is C33H39N5O4Si. The van der Waals surface area contributed by atoms with Gasteiger partial charge in [0.1, 0.15) is 24.8 Å². The molecule has 0 radical (unpaired) electrons. The fraction of sp³-hybridized carbons (Fsp3) is 0.394. The van der Waals surface area contributed by atoms with E-state index in [2.05, 4.69) is 49.2 Å². The first-order chi connectivity index (χ1) is 20.7. The molecule has 0 fully saturated rings. The summed E-state index contributed by atoms with van der Waals surface area (Å²) in [5.74, 6) is 0.542. The van der Waals surface area contributed by atoms with E-state index in [1.807, 2.05) is 27.9 Å². The molecule has 2 aliphatic rings. The molecule has 2 amide bonds. The summed E-state index contributed by atoms with van der Waals surface area (Å²) in [6.45, 7) is 12.0. The van der Waals surface area contributed by atoms with Crippen molar-refractivity contribution in [3.8, 4) is 28.1 Å². The highest BCUT2D eigenvalue weighted by Gasteiger charge is 2.22. The maximum absolute atomic E-state index is 12.5. The van der Waals surface area contributed by atoms with Crippen molar-refractivity contribution in [1.82, 2.24) is 25.0 Å². The minimum atomic E-state index is -1.22. The number of aromatic nitrogens is 3. The van der Waals surface area contributed by atoms with Crippen molar-refractivity contribution in [1.29, 1.82) is 0 Å². The van der Waals surface area contributed by atoms with Gasteiger partial charge in [-0.2, -0.15) is 5.10 Å². The number of pyridine rings is 1. The number of rotatable bonds is 7. The Balaban J connectivity index is 1.38. The summed E-state index contributed by atoms with van der Waals surface area (Å²) in [4.78, 5) is 31.3. The highest BCUT2D eigenvalue weighted by atomic mass is 28.3. The van der Waals surface area contributed by atoms with Gasteiger partial charge in [0.2, 0.25) is 5.91 Å². The predicted molar refractivity (Wildman–Crippen MR) is 170 cm³/mol. The molecule has 0 spiro atoms. The zero-order valence-electron chi connectivity index (χ0n) is 25.4. The number of nitrogens with zero attached hydrogens (tertiary/aromatic N) is 4. The Kier molecular flexibility index (Phi) is 8.06. The van der Waals surface area contributed by atoms with Crippen LogP contribution in [0, 0.1) is 0 Å². The highest BCUT2D eigenvalue weighted by Crippen LogP contribution is 2.34. The molecule has 6 rings (SSSR count). The van der Waals surface area contributed by atoms with Gasteiger partial charge in [-0.3, -0.25) is 9.59 Å². The molecule has 4 aromatic rings. The molecule has 43 heavy (non-hydrogen) atoms. The molecule has 0 saturated heterocycles. The topological polar surface area (TPSA) is 98.6 Å². The maximum Gasteiger partial charge on any atom is 0.255 e. The summed E-state index contributed by atoms with van der Waals surface area (Å²) in [7, 11) is -1.22. The van der Waals surface area contributed by atoms with Gasteiger partial charge in [0.25, 0.3) is 5.91 Å². The van der Waals surface area contributed by atoms with Gasteiger partial charge in [-0.1, -0.05) is 43.9 Å². The van der Waals surface area contributed by atoms with E-state index in [1.54, 1.807) is 13.0 Å². The van der Waals surface area contributed by atoms with Crippen LogP contribution in [-0.2, 0) is 29.1 Å². The van der Waals surface area contributed by atoms with Crippen LogP contribution in [0.4, 0.5) is 0 Å². The minimum absolute atomic E-state index is 0.125. The van der Waals surface area contributed by atoms with Crippen molar-refractivity contribution in [2.75, 3.05) is 32.8 Å². The lowest BCUT2D eigenvalue weighted by Crippen LogP contribution is -2.30. The van der Waals surface area contributed by atoms with E-state index in [-0.39, 0.29) is 11.8 Å². The van der Waals surface area contributed by atoms with Crippen molar-refractivity contribution in [2.45, 2.75) is 52.2 Å². The predicted octanol–water partition coefficient (Wildman–Crippen LogP) is 5.15. The number of benzene rings is 2. The van der Waals surface area contributed by atoms with E-state index in [9.17, 15) is 9.59 Å². The molecular weight excluding hydrogens is 558 g/mol. The van der Waals surface area contributed by atoms with Crippen LogP contribution in [-0.4, -0.2) is 72.4 Å². The van der Waals surface area contributed by atoms with E-state index in [0.717, 1.165) is 65.4 Å². The summed E-state index contributed by atoms with van der Waals surface area (Å²) >= 11 is 0. The minimum Gasteiger partial charge on any atom is -0.491 e. The Morgan fingerprint density at radius 2 is 1.81 bits per heavy atom. The average molecular weight is 598 g/mol. The SMILES string of the molecule is CC(=O)N1CCc2ccc(-c3cnc4c(c3)c(-c3ccc5c(c3)OCCNC5=O)nn4COCC[Si](C)(C)C)cc2CC1. The lowest BCUT2D eigenvalue weighted by atomic mass is 9.96. The highest BCUT2D eigenvalue weighted by molar-refractivity contribution is 6.76. The molecule has 0 saturated carbocycles. The van der Waals surface area contributed by atoms with Gasteiger partial charge in [0.05, 0.1) is 12.1 Å². The summed E-state index contributed by atoms with van der Waals surface area (Å²) < 4.78 is 13.8. The first-order valence-electron chi connectivity index (χ1n) is 15.0. The normalized spacial score (nSPS) is 15.3. The van der Waals surface area contributed by atoms with E-state index in [4.69, 9.17) is 19.6 Å². The zero-order valence-corrected chi connectivity index (χ0v) is 26.4. The third kappa shape index (κ3) is 6.35. The molecule has 0 aliphatic carbocycles. The first-order valence-corrected chi connectivity index (χ1v) is 18.7. The number of carbonyl (C=O) groups is 2. The second-order valence-corrected chi connectivity index (χ2v) is 18.2. The molecule has 0 atom stereocenters. The molecule has 2 aromatic carbocycles. The number of carbonyl (C=O) groups excluding carboxylic acids is 2. The number of hydrogen-bond acceptors (Lipinski definition) is 6. The Morgan fingerprint density at radius 3 is 2.60 bits per heavy atom. The van der Waals surface area contributed by atoms with Crippen molar-refractivity contribution < 1.29 is 19.1 Å². The Bertz CT molecular complexity index is 1690. The smallest absolute Gasteiger partial charge is 0.255 e. The Morgan fingerprint density at radius 1 is 1.02 bits per heavy atom. The van der Waals surface area contributed by atoms with Crippen LogP contribution in [0.5, 0.6) is 5.75 Å². The van der Waals surface area contributed by atoms with Crippen LogP contribution >= 0.6 is 0 Å². The van der Waals surface area contributed by atoms with E-state index < -0.39 is 8.07 Å². The van der Waals surface area contributed by atoms with Crippen molar-refractivity contribution in [3.63, 3.8) is 0 Å². The van der Waals surface area contributed by atoms with Crippen molar-refractivity contribution >= 4 is 30.9 Å². The summed E-state index contributed by atoms with van der Waals surface area (Å²) in [5, 5.41) is 8.74. The molecule has 224 valence electrons. The molecule has 10 heteroatoms. The lowest BCUT2D eigenvalue weighted by molar-refractivity contribution is -0.128. The van der Waals surface area contributed by atoms with Crippen molar-refractivity contribution in [3.05, 3.63) is 65.4 Å². The second-order valence-electron chi connectivity index (χ2n) is 12.6. The van der Waals surface area contributed by atoms with Gasteiger partial charge in [-0.25, -0.2) is 9.67 Å². The van der Waals surface area contributed by atoms with Gasteiger partial charge in [-0.15, -0.1) is 0 Å². The monoisotopic (exact) mass is 597 g/mol. The third-order valence-electron chi connectivity index (χ3n) is 8.23. The van der Waals surface area contributed by atoms with Crippen LogP contribution in [0.25, 0.3) is 33.4 Å². The first kappa shape index (κ1) is 29.1. The summed E-state index contributed by atoms with van der Waals surface area (Å²) in [6.07, 6.45) is 3.59. The van der Waals surface area contributed by atoms with Gasteiger partial charge in [-0.05, 0) is 53.8 Å². The van der Waals surface area contributed by atoms with Gasteiger partial charge >= 0.3 is 0 Å². The standard InChI is InChI=1S/C33H39N5O4Si/c1-22(39)37-12-9-23-5-6-24(17-25(23)10-13-37)27-18-29-31(26-7-8-28-30(19-26)42-14-11-34-33(28)40)36-38(32(29)35-20-27)21-41-15-16-43(2,3)4/h5-8,17-20H,9-16,21H2,1-4H3,(H,34,40). The van der Waals surface area contributed by atoms with Crippen LogP contribution in [0.15, 0.2) is 48.7 Å². The fourth-order valence-electron chi connectivity index (χ4n) is 5.67. The van der Waals surface area contributed by atoms with Crippen LogP contribution in [0.2, 0.25) is 25.7 Å². The number of nitrogens with one attached hydrogen (secondary N) is 1. The molecule has 0 bridgehead atoms. The fourth-order valence-corrected chi connectivity index (χ4v) is 6.42. The van der Waals surface area contributed by atoms with Crippen molar-refractivity contribution in [2.24, 2.45) is 0 Å². The maximum atomic E-state index is 12.5. The second kappa shape index (κ2) is 11.9. The molecule has 2 aliphatic heterocycles. The largest absolute Gasteiger partial charge is 0.491 e. The van der Waals surface area contributed by atoms with Gasteiger partial charge in [0, 0.05) is 57.4 Å². The van der Waals surface area contributed by atoms with Gasteiger partial charge < -0.3 is 19.7 Å². The van der Waals surface area contributed by atoms with E-state index >= 15 is 0 Å². The number of fused-ring (bicyclic) bond motifs is 3. The number of ether oxygens (including phenoxy) is 2. The third-order valence-corrected chi connectivity index (χ3v) is 9.93. The summed E-state index contributed by atoms with van der Waals surface area (Å²) in [5.41, 5.74) is 7.52. The molecule has 4 heterocycles. The summed E-state index contributed by atoms with van der Waals surface area (Å²) in [6, 6.07) is 15.4. The average Bonchev–Trinajstić information content (AvgIpc) is 3.09. The van der Waals surface area contributed by atoms with Gasteiger partial charge in [0.15, 0.2) is 5.65 Å².